The predicted octanol–water partition coefficient (Wildman–Crippen LogP) is 2.79. The summed E-state index contributed by atoms with van der Waals surface area (Å²) in [6, 6.07) is 9.10. The van der Waals surface area contributed by atoms with Crippen LogP contribution in [0.1, 0.15) is 20.8 Å². The number of hydrogen-bond acceptors (Lipinski definition) is 4. The van der Waals surface area contributed by atoms with Gasteiger partial charge in [-0.05, 0) is 42.5 Å². The van der Waals surface area contributed by atoms with Crippen LogP contribution in [0.5, 0.6) is 0 Å². The van der Waals surface area contributed by atoms with Crippen molar-refractivity contribution >= 4 is 28.7 Å². The molecule has 0 bridgehead atoms. The van der Waals surface area contributed by atoms with Crippen molar-refractivity contribution in [1.29, 1.82) is 0 Å². The molecule has 1 atom stereocenters. The van der Waals surface area contributed by atoms with E-state index in [-0.39, 0.29) is 5.78 Å². The normalized spacial score (nSPS) is 12.0. The zero-order chi connectivity index (χ0) is 15.4. The number of carbonyl (C=O) groups excluding carboxylic acids is 2. The molecule has 0 aliphatic rings. The average molecular weight is 303 g/mol. The summed E-state index contributed by atoms with van der Waals surface area (Å²) in [6.07, 6.45) is 0. The zero-order valence-corrected chi connectivity index (χ0v) is 12.7. The van der Waals surface area contributed by atoms with Crippen LogP contribution < -0.4 is 5.32 Å². The summed E-state index contributed by atoms with van der Waals surface area (Å²) >= 11 is 1.26. The highest BCUT2D eigenvalue weighted by atomic mass is 32.1. The maximum absolute atomic E-state index is 12.3. The van der Waals surface area contributed by atoms with Crippen LogP contribution in [0.2, 0.25) is 0 Å². The van der Waals surface area contributed by atoms with Crippen molar-refractivity contribution in [2.45, 2.75) is 13.8 Å². The fourth-order valence-corrected chi connectivity index (χ4v) is 2.69. The molecule has 2 N–H and O–H groups in total. The molecule has 0 fully saturated rings. The summed E-state index contributed by atoms with van der Waals surface area (Å²) < 4.78 is 0. The molecular formula is C16H17NO3S. The molecule has 0 saturated carbocycles. The Labute approximate surface area is 127 Å². The third kappa shape index (κ3) is 3.56. The minimum Gasteiger partial charge on any atom is -0.395 e. The number of aryl methyl sites for hydroxylation is 2. The van der Waals surface area contributed by atoms with Crippen molar-refractivity contribution in [2.75, 3.05) is 11.9 Å². The number of aliphatic hydroxyl groups is 1. The second kappa shape index (κ2) is 6.65. The van der Waals surface area contributed by atoms with E-state index in [1.165, 1.54) is 11.3 Å². The molecule has 5 heteroatoms. The molecule has 2 rings (SSSR count). The van der Waals surface area contributed by atoms with Crippen molar-refractivity contribution < 1.29 is 14.7 Å². The van der Waals surface area contributed by atoms with Crippen LogP contribution in [0, 0.1) is 19.8 Å². The molecule has 0 spiro atoms. The van der Waals surface area contributed by atoms with Gasteiger partial charge in [-0.25, -0.2) is 0 Å². The standard InChI is InChI=1S/C16H17NO3S/c1-10-5-6-11(2)13(8-10)17-16(20)12(9-18)15(19)14-4-3-7-21-14/h3-8,12,18H,9H2,1-2H3,(H,17,20). The summed E-state index contributed by atoms with van der Waals surface area (Å²) in [5.41, 5.74) is 2.59. The first-order valence-corrected chi connectivity index (χ1v) is 7.47. The van der Waals surface area contributed by atoms with Gasteiger partial charge in [0.05, 0.1) is 11.5 Å². The van der Waals surface area contributed by atoms with Crippen LogP contribution in [0.15, 0.2) is 35.7 Å². The number of benzene rings is 1. The second-order valence-corrected chi connectivity index (χ2v) is 5.83. The fraction of sp³-hybridized carbons (Fsp3) is 0.250. The van der Waals surface area contributed by atoms with Gasteiger partial charge in [0.15, 0.2) is 5.78 Å². The Morgan fingerprint density at radius 2 is 2.05 bits per heavy atom. The molecular weight excluding hydrogens is 286 g/mol. The number of carbonyl (C=O) groups is 2. The van der Waals surface area contributed by atoms with Crippen LogP contribution in [-0.4, -0.2) is 23.4 Å². The van der Waals surface area contributed by atoms with Crippen LogP contribution in [-0.2, 0) is 4.79 Å². The number of anilines is 1. The number of rotatable bonds is 5. The van der Waals surface area contributed by atoms with Gasteiger partial charge in [0.2, 0.25) is 5.91 Å². The van der Waals surface area contributed by atoms with Crippen LogP contribution in [0.25, 0.3) is 0 Å². The van der Waals surface area contributed by atoms with Crippen molar-refractivity contribution in [3.8, 4) is 0 Å². The van der Waals surface area contributed by atoms with E-state index in [1.54, 1.807) is 17.5 Å². The fourth-order valence-electron chi connectivity index (χ4n) is 1.97. The first-order valence-electron chi connectivity index (χ1n) is 6.59. The van der Waals surface area contributed by atoms with Crippen LogP contribution in [0.4, 0.5) is 5.69 Å². The zero-order valence-electron chi connectivity index (χ0n) is 11.9. The molecule has 4 nitrogen and oxygen atoms in total. The first kappa shape index (κ1) is 15.4. The monoisotopic (exact) mass is 303 g/mol. The quantitative estimate of drug-likeness (QED) is 0.659. The molecule has 1 heterocycles. The lowest BCUT2D eigenvalue weighted by Gasteiger charge is -2.14. The molecule has 110 valence electrons. The summed E-state index contributed by atoms with van der Waals surface area (Å²) in [5.74, 6) is -1.91. The molecule has 1 unspecified atom stereocenters. The Kier molecular flexibility index (Phi) is 4.88. The van der Waals surface area contributed by atoms with Gasteiger partial charge < -0.3 is 10.4 Å². The Hall–Kier alpha value is -1.98. The van der Waals surface area contributed by atoms with Crippen molar-refractivity contribution in [2.24, 2.45) is 5.92 Å². The number of amides is 1. The van der Waals surface area contributed by atoms with E-state index in [0.717, 1.165) is 11.1 Å². The number of hydrogen-bond donors (Lipinski definition) is 2. The largest absolute Gasteiger partial charge is 0.395 e. The molecule has 0 saturated heterocycles. The van der Waals surface area contributed by atoms with Gasteiger partial charge in [-0.15, -0.1) is 11.3 Å². The molecule has 21 heavy (non-hydrogen) atoms. The number of Topliss-reactive ketones (excluding diaryl/α,β-unsaturated/α-hetero) is 1. The van der Waals surface area contributed by atoms with Crippen LogP contribution in [0.3, 0.4) is 0 Å². The molecule has 0 radical (unpaired) electrons. The molecule has 2 aromatic rings. The van der Waals surface area contributed by atoms with Crippen molar-refractivity contribution in [1.82, 2.24) is 0 Å². The molecule has 0 aliphatic heterocycles. The molecule has 1 aromatic heterocycles. The summed E-state index contributed by atoms with van der Waals surface area (Å²) in [5, 5.41) is 13.9. The second-order valence-electron chi connectivity index (χ2n) is 4.88. The van der Waals surface area contributed by atoms with E-state index in [9.17, 15) is 14.7 Å². The van der Waals surface area contributed by atoms with Crippen molar-refractivity contribution in [3.63, 3.8) is 0 Å². The lowest BCUT2D eigenvalue weighted by atomic mass is 10.0. The Morgan fingerprint density at radius 3 is 2.67 bits per heavy atom. The Bertz CT molecular complexity index is 650. The van der Waals surface area contributed by atoms with E-state index in [2.05, 4.69) is 5.32 Å². The highest BCUT2D eigenvalue weighted by Gasteiger charge is 2.27. The van der Waals surface area contributed by atoms with E-state index in [0.29, 0.717) is 10.6 Å². The van der Waals surface area contributed by atoms with Gasteiger partial charge in [-0.2, -0.15) is 0 Å². The summed E-state index contributed by atoms with van der Waals surface area (Å²) in [4.78, 5) is 24.9. The van der Waals surface area contributed by atoms with Gasteiger partial charge >= 0.3 is 0 Å². The highest BCUT2D eigenvalue weighted by Crippen LogP contribution is 2.20. The lowest BCUT2D eigenvalue weighted by Crippen LogP contribution is -2.32. The minimum atomic E-state index is -1.08. The average Bonchev–Trinajstić information content (AvgIpc) is 2.97. The van der Waals surface area contributed by atoms with E-state index in [1.807, 2.05) is 32.0 Å². The maximum atomic E-state index is 12.3. The number of aliphatic hydroxyl groups excluding tert-OH is 1. The van der Waals surface area contributed by atoms with Gasteiger partial charge in [0.1, 0.15) is 5.92 Å². The summed E-state index contributed by atoms with van der Waals surface area (Å²) in [7, 11) is 0. The predicted molar refractivity (Wildman–Crippen MR) is 83.8 cm³/mol. The van der Waals surface area contributed by atoms with E-state index in [4.69, 9.17) is 0 Å². The van der Waals surface area contributed by atoms with Gasteiger partial charge in [-0.3, -0.25) is 9.59 Å². The first-order chi connectivity index (χ1) is 10.0. The van der Waals surface area contributed by atoms with Gasteiger partial charge in [0.25, 0.3) is 0 Å². The lowest BCUT2D eigenvalue weighted by molar-refractivity contribution is -0.119. The van der Waals surface area contributed by atoms with Gasteiger partial charge in [0, 0.05) is 5.69 Å². The number of ketones is 1. The van der Waals surface area contributed by atoms with E-state index >= 15 is 0 Å². The topological polar surface area (TPSA) is 66.4 Å². The maximum Gasteiger partial charge on any atom is 0.237 e. The smallest absolute Gasteiger partial charge is 0.237 e. The molecule has 1 amide bonds. The van der Waals surface area contributed by atoms with Gasteiger partial charge in [-0.1, -0.05) is 18.2 Å². The Balaban J connectivity index is 2.17. The number of thiophene rings is 1. The third-order valence-corrected chi connectivity index (χ3v) is 4.11. The minimum absolute atomic E-state index is 0.352. The Morgan fingerprint density at radius 1 is 1.29 bits per heavy atom. The molecule has 0 aliphatic carbocycles. The van der Waals surface area contributed by atoms with E-state index < -0.39 is 18.4 Å². The highest BCUT2D eigenvalue weighted by molar-refractivity contribution is 7.12. The third-order valence-electron chi connectivity index (χ3n) is 3.23. The molecule has 1 aromatic carbocycles. The SMILES string of the molecule is Cc1ccc(C)c(NC(=O)C(CO)C(=O)c2cccs2)c1. The van der Waals surface area contributed by atoms with Crippen LogP contribution >= 0.6 is 11.3 Å². The number of nitrogens with one attached hydrogen (secondary N) is 1. The van der Waals surface area contributed by atoms with Crippen molar-refractivity contribution in [3.05, 3.63) is 51.7 Å². The summed E-state index contributed by atoms with van der Waals surface area (Å²) in [6.45, 7) is 3.30.